The number of ether oxygens (including phenoxy) is 1. The molecular formula is C10H14BrN3O2. The number of nitrogen functional groups attached to an aromatic ring is 1. The molecule has 0 aliphatic carbocycles. The molecule has 1 saturated heterocycles. The molecule has 6 heteroatoms. The minimum absolute atomic E-state index is 0.0208. The van der Waals surface area contributed by atoms with E-state index in [4.69, 9.17) is 15.6 Å². The lowest BCUT2D eigenvalue weighted by Gasteiger charge is -2.33. The molecule has 0 radical (unpaired) electrons. The zero-order valence-electron chi connectivity index (χ0n) is 8.77. The van der Waals surface area contributed by atoms with Gasteiger partial charge in [-0.05, 0) is 22.0 Å². The first-order chi connectivity index (χ1) is 7.70. The molecule has 2 heterocycles. The predicted octanol–water partition coefficient (Wildman–Crippen LogP) is 0.624. The van der Waals surface area contributed by atoms with Crippen molar-refractivity contribution in [3.8, 4) is 0 Å². The summed E-state index contributed by atoms with van der Waals surface area (Å²) in [6.45, 7) is 1.97. The van der Waals surface area contributed by atoms with Crippen LogP contribution in [0.3, 0.4) is 0 Å². The Morgan fingerprint density at radius 3 is 3.19 bits per heavy atom. The Bertz CT molecular complexity index is 375. The van der Waals surface area contributed by atoms with Gasteiger partial charge in [-0.3, -0.25) is 0 Å². The second kappa shape index (κ2) is 4.99. The lowest BCUT2D eigenvalue weighted by atomic mass is 10.2. The first kappa shape index (κ1) is 11.6. The number of morpholine rings is 1. The minimum atomic E-state index is -0.154. The minimum Gasteiger partial charge on any atom is -0.396 e. The van der Waals surface area contributed by atoms with Gasteiger partial charge < -0.3 is 20.5 Å². The molecule has 2 rings (SSSR count). The van der Waals surface area contributed by atoms with Gasteiger partial charge in [0.15, 0.2) is 5.82 Å². The van der Waals surface area contributed by atoms with Crippen molar-refractivity contribution in [3.63, 3.8) is 0 Å². The molecule has 0 spiro atoms. The van der Waals surface area contributed by atoms with E-state index >= 15 is 0 Å². The van der Waals surface area contributed by atoms with Crippen molar-refractivity contribution in [1.82, 2.24) is 4.98 Å². The van der Waals surface area contributed by atoms with Gasteiger partial charge in [-0.1, -0.05) is 0 Å². The van der Waals surface area contributed by atoms with E-state index in [9.17, 15) is 0 Å². The summed E-state index contributed by atoms with van der Waals surface area (Å²) in [6.07, 6.45) is 1.56. The van der Waals surface area contributed by atoms with Crippen LogP contribution in [0.5, 0.6) is 0 Å². The van der Waals surface area contributed by atoms with Crippen molar-refractivity contribution >= 4 is 27.4 Å². The molecule has 1 atom stereocenters. The van der Waals surface area contributed by atoms with Gasteiger partial charge in [0.25, 0.3) is 0 Å². The Labute approximate surface area is 102 Å². The highest BCUT2D eigenvalue weighted by molar-refractivity contribution is 9.10. The van der Waals surface area contributed by atoms with E-state index < -0.39 is 0 Å². The molecule has 3 N–H and O–H groups in total. The van der Waals surface area contributed by atoms with Gasteiger partial charge in [0.05, 0.1) is 25.0 Å². The highest BCUT2D eigenvalue weighted by atomic mass is 79.9. The van der Waals surface area contributed by atoms with E-state index in [2.05, 4.69) is 20.9 Å². The molecule has 0 saturated carbocycles. The number of anilines is 2. The fourth-order valence-electron chi connectivity index (χ4n) is 1.73. The summed E-state index contributed by atoms with van der Waals surface area (Å²) in [5.74, 6) is 0.755. The third-order valence-corrected chi connectivity index (χ3v) is 2.94. The zero-order chi connectivity index (χ0) is 11.5. The van der Waals surface area contributed by atoms with Gasteiger partial charge >= 0.3 is 0 Å². The molecule has 1 aromatic heterocycles. The largest absolute Gasteiger partial charge is 0.396 e. The number of aliphatic hydroxyl groups is 1. The van der Waals surface area contributed by atoms with E-state index in [1.54, 1.807) is 6.20 Å². The van der Waals surface area contributed by atoms with Gasteiger partial charge in [0.1, 0.15) is 0 Å². The first-order valence-electron chi connectivity index (χ1n) is 5.09. The molecule has 88 valence electrons. The summed E-state index contributed by atoms with van der Waals surface area (Å²) in [5, 5.41) is 9.06. The number of rotatable bonds is 2. The van der Waals surface area contributed by atoms with Crippen LogP contribution in [-0.4, -0.2) is 42.5 Å². The molecule has 1 fully saturated rings. The van der Waals surface area contributed by atoms with E-state index in [-0.39, 0.29) is 12.7 Å². The SMILES string of the molecule is Nc1cc(Br)cnc1N1CCOC(CO)C1. The van der Waals surface area contributed by atoms with E-state index in [0.717, 1.165) is 16.8 Å². The standard InChI is InChI=1S/C10H14BrN3O2/c11-7-3-9(12)10(13-4-7)14-1-2-16-8(5-14)6-15/h3-4,8,15H,1-2,5-6,12H2. The van der Waals surface area contributed by atoms with Crippen LogP contribution >= 0.6 is 15.9 Å². The zero-order valence-corrected chi connectivity index (χ0v) is 10.4. The summed E-state index contributed by atoms with van der Waals surface area (Å²) in [5.41, 5.74) is 6.53. The van der Waals surface area contributed by atoms with Crippen LogP contribution in [0, 0.1) is 0 Å². The number of nitrogens with zero attached hydrogens (tertiary/aromatic N) is 2. The summed E-state index contributed by atoms with van der Waals surface area (Å²) < 4.78 is 6.23. The second-order valence-electron chi connectivity index (χ2n) is 3.69. The number of hydrogen-bond acceptors (Lipinski definition) is 5. The quantitative estimate of drug-likeness (QED) is 0.835. The Kier molecular flexibility index (Phi) is 3.63. The van der Waals surface area contributed by atoms with Gasteiger partial charge in [-0.25, -0.2) is 4.98 Å². The van der Waals surface area contributed by atoms with Gasteiger partial charge in [-0.15, -0.1) is 0 Å². The normalized spacial score (nSPS) is 21.1. The topological polar surface area (TPSA) is 71.6 Å². The maximum Gasteiger partial charge on any atom is 0.152 e. The van der Waals surface area contributed by atoms with Crippen LogP contribution in [0.1, 0.15) is 0 Å². The molecule has 0 aromatic carbocycles. The smallest absolute Gasteiger partial charge is 0.152 e. The molecule has 1 aliphatic rings. The van der Waals surface area contributed by atoms with Crippen molar-refractivity contribution < 1.29 is 9.84 Å². The fourth-order valence-corrected chi connectivity index (χ4v) is 2.08. The molecule has 16 heavy (non-hydrogen) atoms. The lowest BCUT2D eigenvalue weighted by molar-refractivity contribution is 0.00340. The Morgan fingerprint density at radius 1 is 1.69 bits per heavy atom. The lowest BCUT2D eigenvalue weighted by Crippen LogP contribution is -2.44. The van der Waals surface area contributed by atoms with Crippen molar-refractivity contribution in [1.29, 1.82) is 0 Å². The van der Waals surface area contributed by atoms with Crippen LogP contribution in [0.15, 0.2) is 16.7 Å². The highest BCUT2D eigenvalue weighted by Crippen LogP contribution is 2.25. The van der Waals surface area contributed by atoms with Crippen LogP contribution in [0.2, 0.25) is 0 Å². The number of pyridine rings is 1. The Morgan fingerprint density at radius 2 is 2.50 bits per heavy atom. The van der Waals surface area contributed by atoms with Crippen LogP contribution in [-0.2, 0) is 4.74 Å². The predicted molar refractivity (Wildman–Crippen MR) is 65.4 cm³/mol. The molecular weight excluding hydrogens is 274 g/mol. The van der Waals surface area contributed by atoms with Crippen LogP contribution in [0.4, 0.5) is 11.5 Å². The number of aliphatic hydroxyl groups excluding tert-OH is 1. The summed E-state index contributed by atoms with van der Waals surface area (Å²) in [4.78, 5) is 6.32. The van der Waals surface area contributed by atoms with Crippen molar-refractivity contribution in [2.24, 2.45) is 0 Å². The summed E-state index contributed by atoms with van der Waals surface area (Å²) in [6, 6.07) is 1.83. The summed E-state index contributed by atoms with van der Waals surface area (Å²) in [7, 11) is 0. The number of halogens is 1. The maximum absolute atomic E-state index is 9.06. The number of aromatic nitrogens is 1. The first-order valence-corrected chi connectivity index (χ1v) is 5.88. The third kappa shape index (κ3) is 2.45. The van der Waals surface area contributed by atoms with Gasteiger partial charge in [0.2, 0.25) is 0 Å². The van der Waals surface area contributed by atoms with Gasteiger partial charge in [0, 0.05) is 23.8 Å². The van der Waals surface area contributed by atoms with Crippen molar-refractivity contribution in [2.45, 2.75) is 6.10 Å². The maximum atomic E-state index is 9.06. The molecule has 1 aromatic rings. The van der Waals surface area contributed by atoms with Gasteiger partial charge in [-0.2, -0.15) is 0 Å². The molecule has 1 aliphatic heterocycles. The fraction of sp³-hybridized carbons (Fsp3) is 0.500. The average molecular weight is 288 g/mol. The Balaban J connectivity index is 2.16. The van der Waals surface area contributed by atoms with Crippen LogP contribution in [0.25, 0.3) is 0 Å². The van der Waals surface area contributed by atoms with Crippen molar-refractivity contribution in [2.75, 3.05) is 36.9 Å². The number of nitrogens with two attached hydrogens (primary N) is 1. The second-order valence-corrected chi connectivity index (χ2v) is 4.60. The van der Waals surface area contributed by atoms with E-state index in [1.807, 2.05) is 11.0 Å². The monoisotopic (exact) mass is 287 g/mol. The van der Waals surface area contributed by atoms with E-state index in [0.29, 0.717) is 18.8 Å². The van der Waals surface area contributed by atoms with E-state index in [1.165, 1.54) is 0 Å². The van der Waals surface area contributed by atoms with Crippen molar-refractivity contribution in [3.05, 3.63) is 16.7 Å². The molecule has 0 amide bonds. The Hall–Kier alpha value is -0.850. The summed E-state index contributed by atoms with van der Waals surface area (Å²) >= 11 is 3.32. The average Bonchev–Trinajstić information content (AvgIpc) is 2.29. The third-order valence-electron chi connectivity index (χ3n) is 2.50. The molecule has 1 unspecified atom stereocenters. The van der Waals surface area contributed by atoms with Crippen LogP contribution < -0.4 is 10.6 Å². The number of hydrogen-bond donors (Lipinski definition) is 2. The molecule has 5 nitrogen and oxygen atoms in total. The molecule has 0 bridgehead atoms. The highest BCUT2D eigenvalue weighted by Gasteiger charge is 2.22.